The predicted molar refractivity (Wildman–Crippen MR) is 68.2 cm³/mol. The minimum absolute atomic E-state index is 0.207. The Morgan fingerprint density at radius 2 is 1.82 bits per heavy atom. The molecule has 0 aromatic heterocycles. The van der Waals surface area contributed by atoms with Gasteiger partial charge < -0.3 is 10.6 Å². The van der Waals surface area contributed by atoms with Crippen LogP contribution in [0.5, 0.6) is 0 Å². The van der Waals surface area contributed by atoms with Crippen LogP contribution in [0.2, 0.25) is 0 Å². The Balaban J connectivity index is 2.87. The van der Waals surface area contributed by atoms with Crippen molar-refractivity contribution in [3.05, 3.63) is 9.28 Å². The summed E-state index contributed by atoms with van der Waals surface area (Å²) < 4.78 is 0.562. The quantitative estimate of drug-likeness (QED) is 0.510. The standard InChI is InChI=1S/C11H11IN4O/c1-9(2)10(3)15-7(12)6(4-13)11(9,5-14)8(17)16-10/h15H,1-3H3,(H,16,17)/t10-,11+/m0/s1. The molecule has 6 heteroatoms. The second-order valence-electron chi connectivity index (χ2n) is 4.99. The summed E-state index contributed by atoms with van der Waals surface area (Å²) in [7, 11) is 0. The maximum absolute atomic E-state index is 12.2. The molecule has 0 saturated carbocycles. The molecule has 2 bridgehead atoms. The van der Waals surface area contributed by atoms with Crippen molar-refractivity contribution in [1.29, 1.82) is 10.5 Å². The summed E-state index contributed by atoms with van der Waals surface area (Å²) in [6.45, 7) is 5.47. The van der Waals surface area contributed by atoms with Crippen LogP contribution in [0.4, 0.5) is 0 Å². The minimum Gasteiger partial charge on any atom is -0.357 e. The number of nitrogens with one attached hydrogen (secondary N) is 2. The summed E-state index contributed by atoms with van der Waals surface area (Å²) in [6.07, 6.45) is 0. The topological polar surface area (TPSA) is 88.7 Å². The average Bonchev–Trinajstić information content (AvgIpc) is 2.31. The van der Waals surface area contributed by atoms with E-state index in [1.165, 1.54) is 0 Å². The van der Waals surface area contributed by atoms with Gasteiger partial charge in [-0.1, -0.05) is 13.8 Å². The number of hydrogen-bond acceptors (Lipinski definition) is 4. The number of halogens is 1. The normalized spacial score (nSPS) is 37.9. The summed E-state index contributed by atoms with van der Waals surface area (Å²) in [4.78, 5) is 12.2. The van der Waals surface area contributed by atoms with Crippen LogP contribution in [0, 0.1) is 33.5 Å². The maximum atomic E-state index is 12.2. The van der Waals surface area contributed by atoms with Gasteiger partial charge in [-0.3, -0.25) is 4.79 Å². The molecule has 2 heterocycles. The van der Waals surface area contributed by atoms with Gasteiger partial charge in [0, 0.05) is 5.41 Å². The van der Waals surface area contributed by atoms with Gasteiger partial charge in [0.2, 0.25) is 5.91 Å². The van der Waals surface area contributed by atoms with Gasteiger partial charge in [-0.25, -0.2) is 0 Å². The van der Waals surface area contributed by atoms with Gasteiger partial charge in [0.25, 0.3) is 0 Å². The van der Waals surface area contributed by atoms with Crippen molar-refractivity contribution in [2.24, 2.45) is 10.8 Å². The van der Waals surface area contributed by atoms with Crippen molar-refractivity contribution in [2.45, 2.75) is 26.4 Å². The number of hydrogen-bond donors (Lipinski definition) is 2. The zero-order chi connectivity index (χ0) is 13.1. The van der Waals surface area contributed by atoms with E-state index in [-0.39, 0.29) is 5.57 Å². The van der Waals surface area contributed by atoms with Crippen LogP contribution in [-0.2, 0) is 4.79 Å². The lowest BCUT2D eigenvalue weighted by Crippen LogP contribution is -2.62. The van der Waals surface area contributed by atoms with E-state index in [0.29, 0.717) is 3.70 Å². The molecule has 1 saturated heterocycles. The summed E-state index contributed by atoms with van der Waals surface area (Å²) in [6, 6.07) is 4.07. The highest BCUT2D eigenvalue weighted by Crippen LogP contribution is 2.58. The van der Waals surface area contributed by atoms with Gasteiger partial charge in [-0.15, -0.1) is 0 Å². The first-order chi connectivity index (χ1) is 7.77. The van der Waals surface area contributed by atoms with Crippen LogP contribution in [-0.4, -0.2) is 11.6 Å². The predicted octanol–water partition coefficient (Wildman–Crippen LogP) is 1.14. The molecule has 0 aromatic rings. The Bertz CT molecular complexity index is 539. The lowest BCUT2D eigenvalue weighted by atomic mass is 9.58. The van der Waals surface area contributed by atoms with Crippen LogP contribution in [0.15, 0.2) is 9.28 Å². The van der Waals surface area contributed by atoms with Crippen molar-refractivity contribution in [3.8, 4) is 12.1 Å². The van der Waals surface area contributed by atoms with E-state index in [1.807, 2.05) is 49.4 Å². The summed E-state index contributed by atoms with van der Waals surface area (Å²) in [5.41, 5.74) is -2.61. The van der Waals surface area contributed by atoms with Gasteiger partial charge in [0.05, 0.1) is 21.4 Å². The number of amides is 1. The van der Waals surface area contributed by atoms with Crippen LogP contribution in [0.3, 0.4) is 0 Å². The molecule has 0 aliphatic carbocycles. The number of nitrogens with zero attached hydrogens (tertiary/aromatic N) is 2. The fraction of sp³-hybridized carbons (Fsp3) is 0.545. The minimum atomic E-state index is -1.40. The lowest BCUT2D eigenvalue weighted by Gasteiger charge is -2.47. The molecule has 2 aliphatic heterocycles. The van der Waals surface area contributed by atoms with Crippen molar-refractivity contribution < 1.29 is 4.79 Å². The van der Waals surface area contributed by atoms with E-state index < -0.39 is 22.4 Å². The number of carbonyl (C=O) groups excluding carboxylic acids is 1. The van der Waals surface area contributed by atoms with Crippen LogP contribution >= 0.6 is 22.6 Å². The molecule has 0 radical (unpaired) electrons. The molecule has 17 heavy (non-hydrogen) atoms. The van der Waals surface area contributed by atoms with Crippen molar-refractivity contribution in [2.75, 3.05) is 0 Å². The Kier molecular flexibility index (Phi) is 2.25. The number of fused-ring (bicyclic) bond motifs is 2. The third-order valence-corrected chi connectivity index (χ3v) is 4.93. The Morgan fingerprint density at radius 1 is 1.24 bits per heavy atom. The maximum Gasteiger partial charge on any atom is 0.248 e. The molecule has 1 amide bonds. The molecular formula is C11H11IN4O. The molecule has 5 nitrogen and oxygen atoms in total. The Morgan fingerprint density at radius 3 is 2.29 bits per heavy atom. The Labute approximate surface area is 113 Å². The first-order valence-electron chi connectivity index (χ1n) is 5.09. The summed E-state index contributed by atoms with van der Waals surface area (Å²) in [5.74, 6) is -0.400. The second kappa shape index (κ2) is 3.14. The van der Waals surface area contributed by atoms with E-state index >= 15 is 0 Å². The number of nitriles is 2. The molecule has 0 spiro atoms. The highest BCUT2D eigenvalue weighted by atomic mass is 127. The van der Waals surface area contributed by atoms with Gasteiger partial charge >= 0.3 is 0 Å². The van der Waals surface area contributed by atoms with Crippen LogP contribution in [0.1, 0.15) is 20.8 Å². The first-order valence-corrected chi connectivity index (χ1v) is 6.17. The summed E-state index contributed by atoms with van der Waals surface area (Å²) >= 11 is 1.96. The highest BCUT2D eigenvalue weighted by molar-refractivity contribution is 14.1. The van der Waals surface area contributed by atoms with E-state index in [4.69, 9.17) is 0 Å². The van der Waals surface area contributed by atoms with Gasteiger partial charge in [-0.2, -0.15) is 10.5 Å². The van der Waals surface area contributed by atoms with Gasteiger partial charge in [0.15, 0.2) is 5.41 Å². The smallest absolute Gasteiger partial charge is 0.248 e. The van der Waals surface area contributed by atoms with Crippen molar-refractivity contribution >= 4 is 28.5 Å². The monoisotopic (exact) mass is 342 g/mol. The molecule has 2 N–H and O–H groups in total. The molecule has 0 aromatic carbocycles. The van der Waals surface area contributed by atoms with E-state index in [0.717, 1.165) is 0 Å². The molecule has 2 rings (SSSR count). The first kappa shape index (κ1) is 12.2. The molecule has 2 aliphatic rings. The zero-order valence-corrected chi connectivity index (χ0v) is 11.8. The van der Waals surface area contributed by atoms with Crippen LogP contribution in [0.25, 0.3) is 0 Å². The third kappa shape index (κ3) is 1.05. The molecule has 0 unspecified atom stereocenters. The second-order valence-corrected chi connectivity index (χ2v) is 6.07. The zero-order valence-electron chi connectivity index (χ0n) is 9.68. The summed E-state index contributed by atoms with van der Waals surface area (Å²) in [5, 5.41) is 24.6. The lowest BCUT2D eigenvalue weighted by molar-refractivity contribution is -0.125. The van der Waals surface area contributed by atoms with E-state index in [2.05, 4.69) is 16.7 Å². The fourth-order valence-corrected chi connectivity index (χ4v) is 3.64. The van der Waals surface area contributed by atoms with E-state index in [1.54, 1.807) is 0 Å². The van der Waals surface area contributed by atoms with E-state index in [9.17, 15) is 15.3 Å². The molecule has 2 atom stereocenters. The number of rotatable bonds is 0. The average molecular weight is 342 g/mol. The highest BCUT2D eigenvalue weighted by Gasteiger charge is 2.71. The van der Waals surface area contributed by atoms with Gasteiger partial charge in [0.1, 0.15) is 5.66 Å². The van der Waals surface area contributed by atoms with Gasteiger partial charge in [-0.05, 0) is 29.5 Å². The van der Waals surface area contributed by atoms with Crippen molar-refractivity contribution in [1.82, 2.24) is 10.6 Å². The number of carbonyl (C=O) groups is 1. The van der Waals surface area contributed by atoms with Crippen molar-refractivity contribution in [3.63, 3.8) is 0 Å². The van der Waals surface area contributed by atoms with Crippen LogP contribution < -0.4 is 10.6 Å². The Hall–Kier alpha value is -1.28. The fourth-order valence-electron chi connectivity index (χ4n) is 2.58. The molecule has 88 valence electrons. The molecule has 1 fully saturated rings. The SMILES string of the molecule is CC1(C)[C@]2(C)NC(=O)[C@@]1(C#N)C(C#N)=C(I)N2. The largest absolute Gasteiger partial charge is 0.357 e. The molecular weight excluding hydrogens is 331 g/mol. The third-order valence-electron chi connectivity index (χ3n) is 4.13.